The van der Waals surface area contributed by atoms with Gasteiger partial charge in [0, 0.05) is 62.4 Å². The van der Waals surface area contributed by atoms with Crippen LogP contribution >= 0.6 is 22.7 Å². The minimum absolute atomic E-state index is 0.135. The lowest BCUT2D eigenvalue weighted by molar-refractivity contribution is 0.409. The minimum atomic E-state index is -0.247. The van der Waals surface area contributed by atoms with Crippen LogP contribution in [0.15, 0.2) is 187 Å². The molecule has 0 saturated heterocycles. The molecule has 0 aliphatic carbocycles. The van der Waals surface area contributed by atoms with Crippen LogP contribution < -0.4 is 10.6 Å². The fourth-order valence-corrected chi connectivity index (χ4v) is 11.1. The molecular weight excluding hydrogens is 733 g/mol. The zero-order chi connectivity index (χ0) is 37.5. The molecule has 2 atom stereocenters. The van der Waals surface area contributed by atoms with Crippen molar-refractivity contribution < 1.29 is 0 Å². The van der Waals surface area contributed by atoms with Crippen LogP contribution in [0.25, 0.3) is 79.0 Å². The Bertz CT molecular complexity index is 3370. The Morgan fingerprint density at radius 1 is 0.456 bits per heavy atom. The third kappa shape index (κ3) is 5.33. The second-order valence-corrected chi connectivity index (χ2v) is 17.0. The smallest absolute Gasteiger partial charge is 0.131 e. The van der Waals surface area contributed by atoms with E-state index in [2.05, 4.69) is 197 Å². The van der Waals surface area contributed by atoms with Crippen molar-refractivity contribution in [1.82, 2.24) is 15.2 Å². The van der Waals surface area contributed by atoms with E-state index in [4.69, 9.17) is 4.99 Å². The predicted molar refractivity (Wildman–Crippen MR) is 243 cm³/mol. The van der Waals surface area contributed by atoms with Gasteiger partial charge in [0.05, 0.1) is 11.0 Å². The van der Waals surface area contributed by atoms with Crippen LogP contribution in [0.4, 0.5) is 0 Å². The molecule has 3 aromatic heterocycles. The fraction of sp³-hybridized carbons (Fsp3) is 0.0392. The molecule has 2 N–H and O–H groups in total. The first-order valence-corrected chi connectivity index (χ1v) is 21.0. The average Bonchev–Trinajstić information content (AvgIpc) is 3.95. The quantitative estimate of drug-likeness (QED) is 0.183. The molecule has 4 heterocycles. The summed E-state index contributed by atoms with van der Waals surface area (Å²) in [7, 11) is 0. The number of hydrogen-bond donors (Lipinski definition) is 2. The molecule has 0 radical (unpaired) electrons. The van der Waals surface area contributed by atoms with E-state index in [9.17, 15) is 0 Å². The van der Waals surface area contributed by atoms with Gasteiger partial charge in [-0.3, -0.25) is 5.32 Å². The molecule has 8 aromatic carbocycles. The first-order chi connectivity index (χ1) is 28.2. The van der Waals surface area contributed by atoms with E-state index >= 15 is 0 Å². The van der Waals surface area contributed by atoms with Crippen molar-refractivity contribution >= 4 is 90.7 Å². The summed E-state index contributed by atoms with van der Waals surface area (Å²) in [5.74, 6) is 0.881. The number of amidine groups is 1. The molecule has 0 fully saturated rings. The molecule has 0 amide bonds. The highest BCUT2D eigenvalue weighted by Crippen LogP contribution is 2.44. The van der Waals surface area contributed by atoms with Crippen molar-refractivity contribution in [3.63, 3.8) is 0 Å². The van der Waals surface area contributed by atoms with Gasteiger partial charge < -0.3 is 9.88 Å². The van der Waals surface area contributed by atoms with Crippen molar-refractivity contribution in [3.05, 3.63) is 199 Å². The van der Waals surface area contributed by atoms with Crippen LogP contribution in [-0.2, 0) is 0 Å². The molecule has 12 rings (SSSR count). The van der Waals surface area contributed by atoms with Crippen molar-refractivity contribution in [2.45, 2.75) is 12.3 Å². The fourth-order valence-electron chi connectivity index (χ4n) is 8.82. The number of aliphatic imine (C=N–C) groups is 1. The molecule has 270 valence electrons. The first-order valence-electron chi connectivity index (χ1n) is 19.3. The average molecular weight is 767 g/mol. The molecule has 57 heavy (non-hydrogen) atoms. The Balaban J connectivity index is 1.06. The van der Waals surface area contributed by atoms with Crippen molar-refractivity contribution in [2.75, 3.05) is 0 Å². The predicted octanol–water partition coefficient (Wildman–Crippen LogP) is 13.5. The standard InChI is InChI=1S/C51H34N4S2/c1-3-13-31(14-4-1)49-52-50(33-23-25-38-37-18-8-11-21-44(37)56-46(38)29-33)54-51(53-49)34-28-40(48-39-19-9-12-22-45(39)57-47(48)30-34)32-24-26-43-41(27-32)36-17-7-10-20-42(36)55(43)35-15-5-2-6-16-35/h1-30,49-50,52H,(H,53,54). The molecule has 6 heteroatoms. The first kappa shape index (κ1) is 32.7. The molecule has 2 unspecified atom stereocenters. The summed E-state index contributed by atoms with van der Waals surface area (Å²) in [5.41, 5.74) is 9.35. The van der Waals surface area contributed by atoms with E-state index < -0.39 is 0 Å². The topological polar surface area (TPSA) is 41.4 Å². The van der Waals surface area contributed by atoms with E-state index in [0.29, 0.717) is 0 Å². The number of para-hydroxylation sites is 2. The molecule has 0 saturated carbocycles. The van der Waals surface area contributed by atoms with Crippen LogP contribution in [-0.4, -0.2) is 10.4 Å². The van der Waals surface area contributed by atoms with Crippen molar-refractivity contribution in [2.24, 2.45) is 4.99 Å². The van der Waals surface area contributed by atoms with Gasteiger partial charge in [0.25, 0.3) is 0 Å². The highest BCUT2D eigenvalue weighted by atomic mass is 32.1. The van der Waals surface area contributed by atoms with E-state index in [-0.39, 0.29) is 12.3 Å². The van der Waals surface area contributed by atoms with Gasteiger partial charge in [-0.2, -0.15) is 0 Å². The van der Waals surface area contributed by atoms with Gasteiger partial charge in [-0.25, -0.2) is 4.99 Å². The normalized spacial score (nSPS) is 15.9. The number of benzene rings is 8. The zero-order valence-corrected chi connectivity index (χ0v) is 32.3. The maximum atomic E-state index is 5.48. The maximum Gasteiger partial charge on any atom is 0.131 e. The lowest BCUT2D eigenvalue weighted by atomic mass is 9.95. The number of hydrogen-bond acceptors (Lipinski definition) is 5. The van der Waals surface area contributed by atoms with E-state index in [1.165, 1.54) is 78.8 Å². The van der Waals surface area contributed by atoms with Gasteiger partial charge in [0.2, 0.25) is 0 Å². The Kier molecular flexibility index (Phi) is 7.45. The third-order valence-corrected chi connectivity index (χ3v) is 13.7. The molecule has 1 aliphatic heterocycles. The largest absolute Gasteiger partial charge is 0.350 e. The van der Waals surface area contributed by atoms with Crippen molar-refractivity contribution in [3.8, 4) is 16.8 Å². The van der Waals surface area contributed by atoms with Gasteiger partial charge in [0.1, 0.15) is 18.2 Å². The number of rotatable bonds is 5. The number of nitrogens with one attached hydrogen (secondary N) is 2. The lowest BCUT2D eigenvalue weighted by Gasteiger charge is -2.32. The van der Waals surface area contributed by atoms with Gasteiger partial charge in [-0.1, -0.05) is 121 Å². The highest BCUT2D eigenvalue weighted by molar-refractivity contribution is 7.26. The third-order valence-electron chi connectivity index (χ3n) is 11.5. The molecule has 4 nitrogen and oxygen atoms in total. The minimum Gasteiger partial charge on any atom is -0.350 e. The summed E-state index contributed by atoms with van der Waals surface area (Å²) in [4.78, 5) is 5.48. The summed E-state index contributed by atoms with van der Waals surface area (Å²) >= 11 is 3.70. The second kappa shape index (κ2) is 13.0. The zero-order valence-electron chi connectivity index (χ0n) is 30.7. The number of nitrogens with zero attached hydrogens (tertiary/aromatic N) is 2. The second-order valence-electron chi connectivity index (χ2n) is 14.8. The highest BCUT2D eigenvalue weighted by Gasteiger charge is 2.27. The van der Waals surface area contributed by atoms with Gasteiger partial charge in [0.15, 0.2) is 0 Å². The molecule has 1 aliphatic rings. The molecule has 0 spiro atoms. The maximum absolute atomic E-state index is 5.48. The summed E-state index contributed by atoms with van der Waals surface area (Å²) < 4.78 is 7.50. The van der Waals surface area contributed by atoms with Crippen molar-refractivity contribution in [1.29, 1.82) is 0 Å². The van der Waals surface area contributed by atoms with Crippen LogP contribution in [0.5, 0.6) is 0 Å². The monoisotopic (exact) mass is 766 g/mol. The Morgan fingerprint density at radius 3 is 1.96 bits per heavy atom. The van der Waals surface area contributed by atoms with E-state index in [1.807, 2.05) is 22.7 Å². The lowest BCUT2D eigenvalue weighted by Crippen LogP contribution is -2.44. The Morgan fingerprint density at radius 2 is 1.12 bits per heavy atom. The Hall–Kier alpha value is -6.57. The summed E-state index contributed by atoms with van der Waals surface area (Å²) in [6.07, 6.45) is -0.382. The summed E-state index contributed by atoms with van der Waals surface area (Å²) in [5, 5.41) is 15.3. The van der Waals surface area contributed by atoms with Crippen LogP contribution in [0.2, 0.25) is 0 Å². The van der Waals surface area contributed by atoms with Gasteiger partial charge >= 0.3 is 0 Å². The van der Waals surface area contributed by atoms with E-state index in [0.717, 1.165) is 22.6 Å². The van der Waals surface area contributed by atoms with Crippen LogP contribution in [0, 0.1) is 0 Å². The van der Waals surface area contributed by atoms with Crippen LogP contribution in [0.1, 0.15) is 29.0 Å². The van der Waals surface area contributed by atoms with E-state index in [1.54, 1.807) is 0 Å². The summed E-state index contributed by atoms with van der Waals surface area (Å²) in [6.45, 7) is 0. The molecular formula is C51H34N4S2. The Labute approximate surface area is 337 Å². The number of aromatic nitrogens is 1. The SMILES string of the molecule is c1ccc(C2NC(c3cc(-c4ccc5c(c4)c4ccccc4n5-c4ccccc4)c4c(c3)sc3ccccc34)=NC(c3ccc4c(c3)sc3ccccc34)N2)cc1. The molecule has 11 aromatic rings. The molecule has 0 bridgehead atoms. The number of thiophene rings is 2. The summed E-state index contributed by atoms with van der Waals surface area (Å²) in [6, 6.07) is 66.1. The van der Waals surface area contributed by atoms with Gasteiger partial charge in [-0.05, 0) is 82.9 Å². The van der Waals surface area contributed by atoms with Gasteiger partial charge in [-0.15, -0.1) is 22.7 Å². The van der Waals surface area contributed by atoms with Crippen LogP contribution in [0.3, 0.4) is 0 Å². The number of fused-ring (bicyclic) bond motifs is 9.